The highest BCUT2D eigenvalue weighted by Crippen LogP contribution is 2.27. The summed E-state index contributed by atoms with van der Waals surface area (Å²) >= 11 is 1.65. The maximum Gasteiger partial charge on any atom is 0.234 e. The number of methoxy groups -OCH3 is 1. The Bertz CT molecular complexity index is 569. The highest BCUT2D eigenvalue weighted by atomic mass is 35.5. The van der Waals surface area contributed by atoms with Crippen LogP contribution < -0.4 is 15.4 Å². The number of ether oxygens (including phenoxy) is 1. The van der Waals surface area contributed by atoms with Crippen LogP contribution in [0.25, 0.3) is 11.1 Å². The van der Waals surface area contributed by atoms with Crippen LogP contribution in [0.2, 0.25) is 0 Å². The van der Waals surface area contributed by atoms with E-state index >= 15 is 0 Å². The lowest BCUT2D eigenvalue weighted by Crippen LogP contribution is -2.31. The van der Waals surface area contributed by atoms with E-state index in [2.05, 4.69) is 22.1 Å². The van der Waals surface area contributed by atoms with Crippen molar-refractivity contribution >= 4 is 29.7 Å². The first kappa shape index (κ1) is 17.5. The second-order valence-corrected chi connectivity index (χ2v) is 5.33. The molecule has 2 N–H and O–H groups in total. The maximum atomic E-state index is 11.4. The Morgan fingerprint density at radius 1 is 1.24 bits per heavy atom. The molecule has 0 unspecified atom stereocenters. The normalized spacial score (nSPS) is 9.81. The Kier molecular flexibility index (Phi) is 7.22. The van der Waals surface area contributed by atoms with Crippen LogP contribution in [-0.2, 0) is 11.3 Å². The standard InChI is InChI=1S/C15H18N2O2S.ClH/c1-16-9-15(18)17-8-14-7-12(10-20-14)11-3-5-13(19-2)6-4-11;/h3-7,10,16H,8-9H2,1-2H3,(H,17,18);1H. The van der Waals surface area contributed by atoms with E-state index in [-0.39, 0.29) is 18.3 Å². The predicted octanol–water partition coefficient (Wildman–Crippen LogP) is 2.68. The molecule has 2 aromatic rings. The van der Waals surface area contributed by atoms with E-state index < -0.39 is 0 Å². The summed E-state index contributed by atoms with van der Waals surface area (Å²) in [5, 5.41) is 7.80. The van der Waals surface area contributed by atoms with Gasteiger partial charge in [0.2, 0.25) is 5.91 Å². The van der Waals surface area contributed by atoms with Gasteiger partial charge < -0.3 is 15.4 Å². The molecule has 21 heavy (non-hydrogen) atoms. The van der Waals surface area contributed by atoms with Gasteiger partial charge in [-0.25, -0.2) is 0 Å². The lowest BCUT2D eigenvalue weighted by molar-refractivity contribution is -0.120. The average Bonchev–Trinajstić information content (AvgIpc) is 2.94. The van der Waals surface area contributed by atoms with E-state index in [1.165, 1.54) is 0 Å². The first-order valence-electron chi connectivity index (χ1n) is 6.36. The number of carbonyl (C=O) groups is 1. The smallest absolute Gasteiger partial charge is 0.234 e. The van der Waals surface area contributed by atoms with Gasteiger partial charge >= 0.3 is 0 Å². The fourth-order valence-electron chi connectivity index (χ4n) is 1.82. The Balaban J connectivity index is 0.00000220. The molecule has 4 nitrogen and oxygen atoms in total. The van der Waals surface area contributed by atoms with Crippen LogP contribution >= 0.6 is 23.7 Å². The number of carbonyl (C=O) groups excluding carboxylic acids is 1. The number of hydrogen-bond acceptors (Lipinski definition) is 4. The largest absolute Gasteiger partial charge is 0.497 e. The minimum Gasteiger partial charge on any atom is -0.497 e. The fraction of sp³-hybridized carbons (Fsp3) is 0.267. The summed E-state index contributed by atoms with van der Waals surface area (Å²) in [5.74, 6) is 0.857. The zero-order chi connectivity index (χ0) is 14.4. The van der Waals surface area contributed by atoms with Crippen molar-refractivity contribution in [2.45, 2.75) is 6.54 Å². The molecular formula is C15H19ClN2O2S. The van der Waals surface area contributed by atoms with Crippen molar-refractivity contribution in [2.24, 2.45) is 0 Å². The van der Waals surface area contributed by atoms with Gasteiger partial charge in [-0.2, -0.15) is 0 Å². The maximum absolute atomic E-state index is 11.4. The number of likely N-dealkylation sites (N-methyl/N-ethyl adjacent to an activating group) is 1. The first-order valence-corrected chi connectivity index (χ1v) is 7.24. The molecular weight excluding hydrogens is 308 g/mol. The molecule has 1 amide bonds. The molecule has 1 heterocycles. The van der Waals surface area contributed by atoms with Gasteiger partial charge in [0, 0.05) is 4.88 Å². The third-order valence-corrected chi connectivity index (χ3v) is 3.81. The Labute approximate surface area is 134 Å². The molecule has 0 saturated heterocycles. The summed E-state index contributed by atoms with van der Waals surface area (Å²) in [6, 6.07) is 10.1. The second-order valence-electron chi connectivity index (χ2n) is 4.34. The van der Waals surface area contributed by atoms with E-state index in [4.69, 9.17) is 4.74 Å². The molecule has 0 atom stereocenters. The van der Waals surface area contributed by atoms with E-state index in [0.717, 1.165) is 21.8 Å². The third kappa shape index (κ3) is 5.04. The zero-order valence-corrected chi connectivity index (χ0v) is 13.6. The number of rotatable bonds is 6. The molecule has 0 saturated carbocycles. The summed E-state index contributed by atoms with van der Waals surface area (Å²) in [6.45, 7) is 0.915. The molecule has 0 aliphatic rings. The van der Waals surface area contributed by atoms with Crippen molar-refractivity contribution in [3.8, 4) is 16.9 Å². The zero-order valence-electron chi connectivity index (χ0n) is 12.0. The van der Waals surface area contributed by atoms with Crippen LogP contribution in [0.15, 0.2) is 35.7 Å². The van der Waals surface area contributed by atoms with Crippen LogP contribution in [0.1, 0.15) is 4.88 Å². The number of benzene rings is 1. The molecule has 0 aliphatic heterocycles. The Morgan fingerprint density at radius 3 is 2.57 bits per heavy atom. The number of thiophene rings is 1. The van der Waals surface area contributed by atoms with Gasteiger partial charge in [-0.15, -0.1) is 23.7 Å². The quantitative estimate of drug-likeness (QED) is 0.858. The van der Waals surface area contributed by atoms with Crippen LogP contribution in [0.3, 0.4) is 0 Å². The molecule has 6 heteroatoms. The van der Waals surface area contributed by atoms with Crippen molar-refractivity contribution in [3.05, 3.63) is 40.6 Å². The van der Waals surface area contributed by atoms with Gasteiger partial charge in [-0.3, -0.25) is 4.79 Å². The van der Waals surface area contributed by atoms with E-state index in [1.54, 1.807) is 25.5 Å². The summed E-state index contributed by atoms with van der Waals surface area (Å²) in [6.07, 6.45) is 0. The van der Waals surface area contributed by atoms with Crippen LogP contribution in [0, 0.1) is 0 Å². The molecule has 0 radical (unpaired) electrons. The molecule has 0 fully saturated rings. The van der Waals surface area contributed by atoms with Gasteiger partial charge in [-0.05, 0) is 41.8 Å². The SMILES string of the molecule is CNCC(=O)NCc1cc(-c2ccc(OC)cc2)cs1.Cl. The summed E-state index contributed by atoms with van der Waals surface area (Å²) in [7, 11) is 3.41. The van der Waals surface area contributed by atoms with Crippen molar-refractivity contribution in [3.63, 3.8) is 0 Å². The average molecular weight is 327 g/mol. The van der Waals surface area contributed by atoms with Crippen molar-refractivity contribution in [1.82, 2.24) is 10.6 Å². The minimum atomic E-state index is 0. The predicted molar refractivity (Wildman–Crippen MR) is 89.3 cm³/mol. The number of nitrogens with one attached hydrogen (secondary N) is 2. The van der Waals surface area contributed by atoms with Crippen molar-refractivity contribution < 1.29 is 9.53 Å². The first-order chi connectivity index (χ1) is 9.72. The second kappa shape index (κ2) is 8.67. The van der Waals surface area contributed by atoms with Crippen LogP contribution in [-0.4, -0.2) is 26.6 Å². The lowest BCUT2D eigenvalue weighted by atomic mass is 10.1. The Morgan fingerprint density at radius 2 is 1.95 bits per heavy atom. The highest BCUT2D eigenvalue weighted by molar-refractivity contribution is 7.10. The van der Waals surface area contributed by atoms with Gasteiger partial charge in [0.15, 0.2) is 0 Å². The monoisotopic (exact) mass is 326 g/mol. The summed E-state index contributed by atoms with van der Waals surface area (Å²) in [5.41, 5.74) is 2.31. The highest BCUT2D eigenvalue weighted by Gasteiger charge is 2.04. The molecule has 2 rings (SSSR count). The number of amides is 1. The van der Waals surface area contributed by atoms with Gasteiger partial charge in [0.1, 0.15) is 5.75 Å². The lowest BCUT2D eigenvalue weighted by Gasteiger charge is -2.02. The molecule has 1 aromatic carbocycles. The number of halogens is 1. The molecule has 114 valence electrons. The molecule has 0 spiro atoms. The van der Waals surface area contributed by atoms with Gasteiger partial charge in [0.05, 0.1) is 20.2 Å². The summed E-state index contributed by atoms with van der Waals surface area (Å²) in [4.78, 5) is 12.5. The molecule has 0 aliphatic carbocycles. The van der Waals surface area contributed by atoms with Crippen LogP contribution in [0.5, 0.6) is 5.75 Å². The summed E-state index contributed by atoms with van der Waals surface area (Å²) < 4.78 is 5.15. The minimum absolute atomic E-state index is 0. The van der Waals surface area contributed by atoms with E-state index in [9.17, 15) is 4.79 Å². The molecule has 0 bridgehead atoms. The Hall–Kier alpha value is -1.56. The fourth-order valence-corrected chi connectivity index (χ4v) is 2.65. The van der Waals surface area contributed by atoms with E-state index in [0.29, 0.717) is 13.1 Å². The van der Waals surface area contributed by atoms with Crippen molar-refractivity contribution in [2.75, 3.05) is 20.7 Å². The topological polar surface area (TPSA) is 50.4 Å². The van der Waals surface area contributed by atoms with Crippen molar-refractivity contribution in [1.29, 1.82) is 0 Å². The van der Waals surface area contributed by atoms with E-state index in [1.807, 2.05) is 24.3 Å². The third-order valence-electron chi connectivity index (χ3n) is 2.87. The van der Waals surface area contributed by atoms with Gasteiger partial charge in [-0.1, -0.05) is 12.1 Å². The van der Waals surface area contributed by atoms with Crippen LogP contribution in [0.4, 0.5) is 0 Å². The molecule has 1 aromatic heterocycles. The van der Waals surface area contributed by atoms with Gasteiger partial charge in [0.25, 0.3) is 0 Å². The number of hydrogen-bond donors (Lipinski definition) is 2.